The molecule has 0 saturated heterocycles. The maximum Gasteiger partial charge on any atom is 0.0616 e. The molecule has 0 saturated carbocycles. The summed E-state index contributed by atoms with van der Waals surface area (Å²) >= 11 is 0. The molecule has 0 radical (unpaired) electrons. The Hall–Kier alpha value is -14.8. The van der Waals surface area contributed by atoms with Crippen LogP contribution in [0.1, 0.15) is 120 Å². The van der Waals surface area contributed by atoms with Gasteiger partial charge in [-0.1, -0.05) is 367 Å². The second kappa shape index (κ2) is 29.6. The third kappa shape index (κ3) is 11.3. The molecule has 0 bridgehead atoms. The van der Waals surface area contributed by atoms with Gasteiger partial charge in [-0.05, 0) is 232 Å². The van der Waals surface area contributed by atoms with Gasteiger partial charge < -0.3 is 18.3 Å². The minimum atomic E-state index is -0.0331. The SMILES string of the molecule is C.C.C.Cc1c(C)n(-c2c3ccccc3c(-c3ccccc3)c3ccccc23)c2c1cc1ccc3c4c(ccc2c14)cc1c(C)c(C)n(-c2c4ccccc4c(-c4ccccc4)c4ccccc24)c13.Cc1c(C)n(-c2c3ccccc3c(C(C)(C)C)c3ccccc23)c2c1cc1ccc3c4c(ccc2c14)cc1c(C)c(C)n(-c2c4ccccc4c(C(C)(C)C)c4ccccc24)c13. The Kier molecular flexibility index (Phi) is 18.5. The molecule has 0 fully saturated rings. The van der Waals surface area contributed by atoms with Crippen LogP contribution in [0.5, 0.6) is 0 Å². The van der Waals surface area contributed by atoms with Crippen LogP contribution in [0, 0.1) is 55.4 Å². The highest BCUT2D eigenvalue weighted by Gasteiger charge is 2.33. The maximum absolute atomic E-state index is 2.62. The van der Waals surface area contributed by atoms with Crippen molar-refractivity contribution in [3.63, 3.8) is 0 Å². The minimum Gasteiger partial charge on any atom is -0.312 e. The fourth-order valence-electron chi connectivity index (χ4n) is 24.0. The normalized spacial score (nSPS) is 12.3. The van der Waals surface area contributed by atoms with Crippen molar-refractivity contribution in [3.8, 4) is 45.0 Å². The lowest BCUT2D eigenvalue weighted by molar-refractivity contribution is 0.601. The summed E-state index contributed by atoms with van der Waals surface area (Å²) in [6, 6.07) is 124. The zero-order chi connectivity index (χ0) is 86.7. The second-order valence-electron chi connectivity index (χ2n) is 38.6. The molecule has 4 heterocycles. The Balaban J connectivity index is 0.000000150. The molecule has 0 spiro atoms. The van der Waals surface area contributed by atoms with Crippen molar-refractivity contribution in [2.24, 2.45) is 0 Å². The summed E-state index contributed by atoms with van der Waals surface area (Å²) in [6.45, 7) is 32.7. The Morgan fingerprint density at radius 1 is 0.176 bits per heavy atom. The van der Waals surface area contributed by atoms with Gasteiger partial charge in [-0.25, -0.2) is 0 Å². The van der Waals surface area contributed by atoms with Crippen molar-refractivity contribution in [2.75, 3.05) is 0 Å². The molecule has 0 atom stereocenters. The number of aromatic nitrogens is 4. The van der Waals surface area contributed by atoms with E-state index in [1.54, 1.807) is 0 Å². The van der Waals surface area contributed by atoms with Gasteiger partial charge in [0, 0.05) is 109 Å². The maximum atomic E-state index is 2.62. The monoisotopic (exact) mass is 1690 g/mol. The van der Waals surface area contributed by atoms with E-state index in [1.807, 2.05) is 0 Å². The molecular formula is C127H108N4. The zero-order valence-corrected chi connectivity index (χ0v) is 75.0. The van der Waals surface area contributed by atoms with Crippen LogP contribution in [0.3, 0.4) is 0 Å². The van der Waals surface area contributed by atoms with Gasteiger partial charge in [0.25, 0.3) is 0 Å². The molecule has 636 valence electrons. The highest BCUT2D eigenvalue weighted by atomic mass is 15.0. The van der Waals surface area contributed by atoms with Crippen LogP contribution in [0.2, 0.25) is 0 Å². The predicted molar refractivity (Wildman–Crippen MR) is 574 cm³/mol. The van der Waals surface area contributed by atoms with Crippen molar-refractivity contribution in [2.45, 2.75) is 130 Å². The van der Waals surface area contributed by atoms with E-state index in [4.69, 9.17) is 0 Å². The molecule has 26 rings (SSSR count). The first kappa shape index (κ1) is 81.9. The number of hydrogen-bond donors (Lipinski definition) is 0. The van der Waals surface area contributed by atoms with Crippen LogP contribution in [0.4, 0.5) is 0 Å². The van der Waals surface area contributed by atoms with Crippen molar-refractivity contribution in [3.05, 3.63) is 384 Å². The highest BCUT2D eigenvalue weighted by molar-refractivity contribution is 6.36. The van der Waals surface area contributed by atoms with Gasteiger partial charge >= 0.3 is 0 Å². The first-order valence-electron chi connectivity index (χ1n) is 45.6. The molecule has 4 nitrogen and oxygen atoms in total. The Morgan fingerprint density at radius 2 is 0.351 bits per heavy atom. The molecule has 22 aromatic carbocycles. The molecule has 0 amide bonds. The number of hydrogen-bond acceptors (Lipinski definition) is 0. The largest absolute Gasteiger partial charge is 0.312 e. The molecule has 4 aromatic heterocycles. The van der Waals surface area contributed by atoms with E-state index >= 15 is 0 Å². The summed E-state index contributed by atoms with van der Waals surface area (Å²) in [7, 11) is 0. The smallest absolute Gasteiger partial charge is 0.0616 e. The average molecular weight is 1690 g/mol. The number of benzene rings is 22. The molecule has 0 unspecified atom stereocenters. The van der Waals surface area contributed by atoms with E-state index in [2.05, 4.69) is 443 Å². The first-order valence-corrected chi connectivity index (χ1v) is 45.6. The summed E-state index contributed by atoms with van der Waals surface area (Å²) in [5.41, 5.74) is 28.3. The first-order chi connectivity index (χ1) is 62.2. The standard InChI is InChI=1S/C64H44N2.C60H52N2.3CH4/c1-37-39(3)65(61-49-27-15-11-23-45(49)57(41-19-7-5-8-20-41)46-24-12-16-28-50(46)61)63-53-33-32-44-36-56-38(2)40(4)66(64(56)54-34-31-43(35-55(37)63)59(53)60(44)54)62-51-29-17-13-25-47(51)58(42-21-9-6-10-22-42)48-26-14-18-30-52(48)62;1-33-35(3)61(55-43-23-15-11-19-39(43)53(59(5,6)7)40-20-12-16-24-44(40)55)57-47-29-28-38-32-50-34(2)36(4)62(58(50)48-30-27-37(31-49(33)57)51(47)52(38)48)56-45-25-17-13-21-41(45)54(60(8,9)10)42-22-14-18-26-46(42)56;;;/h5-36H,1-4H3;11-32H,1-10H3;3*1H4. The van der Waals surface area contributed by atoms with Crippen LogP contribution in [-0.2, 0) is 10.8 Å². The van der Waals surface area contributed by atoms with Gasteiger partial charge in [-0.3, -0.25) is 0 Å². The third-order valence-corrected chi connectivity index (χ3v) is 29.8. The molecule has 0 N–H and O–H groups in total. The van der Waals surface area contributed by atoms with Gasteiger partial charge in [-0.2, -0.15) is 0 Å². The molecule has 0 aliphatic carbocycles. The van der Waals surface area contributed by atoms with E-state index < -0.39 is 0 Å². The van der Waals surface area contributed by atoms with Crippen molar-refractivity contribution >= 4 is 194 Å². The van der Waals surface area contributed by atoms with Gasteiger partial charge in [0.15, 0.2) is 0 Å². The van der Waals surface area contributed by atoms with E-state index in [9.17, 15) is 0 Å². The quantitative estimate of drug-likeness (QED) is 0.117. The molecule has 4 heteroatoms. The lowest BCUT2D eigenvalue weighted by Crippen LogP contribution is -2.14. The predicted octanol–water partition coefficient (Wildman–Crippen LogP) is 36.5. The van der Waals surface area contributed by atoms with Gasteiger partial charge in [0.1, 0.15) is 0 Å². The van der Waals surface area contributed by atoms with Crippen LogP contribution < -0.4 is 0 Å². The highest BCUT2D eigenvalue weighted by Crippen LogP contribution is 2.55. The molecule has 0 aliphatic heterocycles. The number of aryl methyl sites for hydroxylation is 4. The van der Waals surface area contributed by atoms with Crippen LogP contribution in [-0.4, -0.2) is 18.3 Å². The number of rotatable bonds is 6. The summed E-state index contributed by atoms with van der Waals surface area (Å²) in [5.74, 6) is 0. The van der Waals surface area contributed by atoms with Crippen molar-refractivity contribution in [1.82, 2.24) is 18.3 Å². The van der Waals surface area contributed by atoms with E-state index in [1.165, 1.54) is 296 Å². The number of fused-ring (bicyclic) bond motifs is 16. The zero-order valence-electron chi connectivity index (χ0n) is 75.0. The van der Waals surface area contributed by atoms with Gasteiger partial charge in [0.2, 0.25) is 0 Å². The van der Waals surface area contributed by atoms with E-state index in [0.29, 0.717) is 0 Å². The summed E-state index contributed by atoms with van der Waals surface area (Å²) in [4.78, 5) is 0. The summed E-state index contributed by atoms with van der Waals surface area (Å²) in [6.07, 6.45) is 0. The van der Waals surface area contributed by atoms with Crippen LogP contribution >= 0.6 is 0 Å². The third-order valence-electron chi connectivity index (χ3n) is 29.8. The van der Waals surface area contributed by atoms with Crippen LogP contribution in [0.25, 0.3) is 239 Å². The Labute approximate surface area is 766 Å². The average Bonchev–Trinajstić information content (AvgIpc) is 1.56. The fourth-order valence-corrected chi connectivity index (χ4v) is 24.0. The number of nitrogens with zero attached hydrogens (tertiary/aromatic N) is 4. The van der Waals surface area contributed by atoms with Gasteiger partial charge in [-0.15, -0.1) is 0 Å². The van der Waals surface area contributed by atoms with Gasteiger partial charge in [0.05, 0.1) is 44.8 Å². The van der Waals surface area contributed by atoms with E-state index in [0.717, 1.165) is 0 Å². The Morgan fingerprint density at radius 3 is 0.550 bits per heavy atom. The summed E-state index contributed by atoms with van der Waals surface area (Å²) in [5, 5.41) is 41.4. The van der Waals surface area contributed by atoms with Crippen LogP contribution in [0.15, 0.2) is 328 Å². The topological polar surface area (TPSA) is 19.7 Å². The second-order valence-corrected chi connectivity index (χ2v) is 38.6. The molecule has 131 heavy (non-hydrogen) atoms. The van der Waals surface area contributed by atoms with Crippen molar-refractivity contribution < 1.29 is 0 Å². The van der Waals surface area contributed by atoms with Crippen molar-refractivity contribution in [1.29, 1.82) is 0 Å². The lowest BCUT2D eigenvalue weighted by Gasteiger charge is -2.27. The van der Waals surface area contributed by atoms with E-state index in [-0.39, 0.29) is 33.1 Å². The lowest BCUT2D eigenvalue weighted by atomic mass is 9.79. The molecule has 26 aromatic rings. The summed E-state index contributed by atoms with van der Waals surface area (Å²) < 4.78 is 10.5. The Bertz CT molecular complexity index is 8580. The molecule has 0 aliphatic rings. The molecular weight excluding hydrogens is 1580 g/mol. The fraction of sp³-hybridized carbons (Fsp3) is 0.150. The minimum absolute atomic E-state index is 0.